The monoisotopic (exact) mass is 351 g/mol. The van der Waals surface area contributed by atoms with Crippen LogP contribution in [0.25, 0.3) is 6.08 Å². The normalized spacial score (nSPS) is 16.1. The Morgan fingerprint density at radius 2 is 2.04 bits per heavy atom. The molecule has 1 fully saturated rings. The van der Waals surface area contributed by atoms with E-state index in [1.807, 2.05) is 19.1 Å². The molecule has 5 nitrogen and oxygen atoms in total. The van der Waals surface area contributed by atoms with Crippen molar-refractivity contribution in [3.05, 3.63) is 34.7 Å². The van der Waals surface area contributed by atoms with Crippen LogP contribution < -0.4 is 4.74 Å². The zero-order valence-electron chi connectivity index (χ0n) is 12.9. The lowest BCUT2D eigenvalue weighted by atomic mass is 10.2. The molecule has 7 heteroatoms. The molecule has 1 heterocycles. The summed E-state index contributed by atoms with van der Waals surface area (Å²) in [6.45, 7) is 2.52. The van der Waals surface area contributed by atoms with Crippen LogP contribution in [0.5, 0.6) is 5.75 Å². The van der Waals surface area contributed by atoms with Crippen molar-refractivity contribution in [3.63, 3.8) is 0 Å². The predicted molar refractivity (Wildman–Crippen MR) is 94.1 cm³/mol. The molecule has 0 bridgehead atoms. The Morgan fingerprint density at radius 3 is 2.65 bits per heavy atom. The summed E-state index contributed by atoms with van der Waals surface area (Å²) in [5.74, 6) is 0.0765. The molecule has 0 N–H and O–H groups in total. The number of nitrogens with zero attached hydrogens (tertiary/aromatic N) is 1. The third-order valence-corrected chi connectivity index (χ3v) is 4.46. The van der Waals surface area contributed by atoms with E-state index in [4.69, 9.17) is 17.0 Å². The lowest BCUT2D eigenvalue weighted by molar-refractivity contribution is -0.142. The molecule has 0 unspecified atom stereocenters. The summed E-state index contributed by atoms with van der Waals surface area (Å²) < 4.78 is 10.4. The Balaban J connectivity index is 2.04. The number of carbonyl (C=O) groups excluding carboxylic acids is 2. The minimum atomic E-state index is -0.436. The van der Waals surface area contributed by atoms with Gasteiger partial charge in [0.2, 0.25) is 0 Å². The number of benzene rings is 1. The lowest BCUT2D eigenvalue weighted by Gasteiger charge is -2.11. The van der Waals surface area contributed by atoms with Gasteiger partial charge in [-0.05, 0) is 30.2 Å². The molecule has 1 saturated heterocycles. The summed E-state index contributed by atoms with van der Waals surface area (Å²) in [6, 6.07) is 7.11. The standard InChI is InChI=1S/C16H17NO4S2/c1-3-8-17-15(19)13(23-16(17)22)9-11-4-6-12(7-5-11)21-10-14(18)20-2/h4-7,9H,3,8,10H2,1-2H3/b13-9+. The average molecular weight is 351 g/mol. The van der Waals surface area contributed by atoms with Crippen LogP contribution in [0.1, 0.15) is 18.9 Å². The van der Waals surface area contributed by atoms with Crippen LogP contribution >= 0.6 is 24.0 Å². The van der Waals surface area contributed by atoms with Gasteiger partial charge in [0.15, 0.2) is 6.61 Å². The van der Waals surface area contributed by atoms with E-state index < -0.39 is 5.97 Å². The molecule has 0 radical (unpaired) electrons. The summed E-state index contributed by atoms with van der Waals surface area (Å²) in [6.07, 6.45) is 2.67. The van der Waals surface area contributed by atoms with Gasteiger partial charge in [0.1, 0.15) is 10.1 Å². The molecule has 0 saturated carbocycles. The molecule has 0 spiro atoms. The highest BCUT2D eigenvalue weighted by atomic mass is 32.2. The second-order valence-corrected chi connectivity index (χ2v) is 6.44. The van der Waals surface area contributed by atoms with Crippen molar-refractivity contribution in [3.8, 4) is 5.75 Å². The molecule has 23 heavy (non-hydrogen) atoms. The number of rotatable bonds is 6. The maximum atomic E-state index is 12.3. The van der Waals surface area contributed by atoms with Crippen LogP contribution in [-0.2, 0) is 14.3 Å². The SMILES string of the molecule is CCCN1C(=O)/C(=C\c2ccc(OCC(=O)OC)cc2)SC1=S. The zero-order chi connectivity index (χ0) is 16.8. The third kappa shape index (κ3) is 4.56. The van der Waals surface area contributed by atoms with E-state index in [-0.39, 0.29) is 12.5 Å². The fraction of sp³-hybridized carbons (Fsp3) is 0.312. The van der Waals surface area contributed by atoms with E-state index in [1.165, 1.54) is 18.9 Å². The molecule has 1 aliphatic rings. The Kier molecular flexibility index (Phi) is 6.18. The molecule has 0 aromatic heterocycles. The van der Waals surface area contributed by atoms with Gasteiger partial charge in [0.25, 0.3) is 5.91 Å². The minimum Gasteiger partial charge on any atom is -0.482 e. The van der Waals surface area contributed by atoms with E-state index in [2.05, 4.69) is 4.74 Å². The maximum Gasteiger partial charge on any atom is 0.343 e. The van der Waals surface area contributed by atoms with E-state index in [1.54, 1.807) is 23.1 Å². The molecular weight excluding hydrogens is 334 g/mol. The fourth-order valence-corrected chi connectivity index (χ4v) is 3.24. The van der Waals surface area contributed by atoms with Gasteiger partial charge >= 0.3 is 5.97 Å². The van der Waals surface area contributed by atoms with Crippen LogP contribution in [0.4, 0.5) is 0 Å². The van der Waals surface area contributed by atoms with Gasteiger partial charge in [-0.25, -0.2) is 4.79 Å². The molecule has 1 aromatic carbocycles. The van der Waals surface area contributed by atoms with Gasteiger partial charge in [0.05, 0.1) is 12.0 Å². The highest BCUT2D eigenvalue weighted by Crippen LogP contribution is 2.32. The van der Waals surface area contributed by atoms with Crippen molar-refractivity contribution in [1.82, 2.24) is 4.90 Å². The first-order valence-corrected chi connectivity index (χ1v) is 8.32. The molecule has 1 aromatic rings. The molecule has 0 aliphatic carbocycles. The van der Waals surface area contributed by atoms with Crippen LogP contribution in [0, 0.1) is 0 Å². The van der Waals surface area contributed by atoms with E-state index in [0.29, 0.717) is 21.5 Å². The highest BCUT2D eigenvalue weighted by molar-refractivity contribution is 8.26. The lowest BCUT2D eigenvalue weighted by Crippen LogP contribution is -2.28. The van der Waals surface area contributed by atoms with Crippen LogP contribution in [0.2, 0.25) is 0 Å². The highest BCUT2D eigenvalue weighted by Gasteiger charge is 2.31. The number of carbonyl (C=O) groups is 2. The van der Waals surface area contributed by atoms with Gasteiger partial charge in [-0.15, -0.1) is 0 Å². The maximum absolute atomic E-state index is 12.3. The van der Waals surface area contributed by atoms with Crippen molar-refractivity contribution >= 4 is 46.3 Å². The van der Waals surface area contributed by atoms with Crippen molar-refractivity contribution < 1.29 is 19.1 Å². The number of amides is 1. The zero-order valence-corrected chi connectivity index (χ0v) is 14.5. The number of esters is 1. The number of hydrogen-bond acceptors (Lipinski definition) is 6. The number of ether oxygens (including phenoxy) is 2. The average Bonchev–Trinajstić information content (AvgIpc) is 2.82. The number of methoxy groups -OCH3 is 1. The third-order valence-electron chi connectivity index (χ3n) is 3.08. The smallest absolute Gasteiger partial charge is 0.343 e. The number of thioether (sulfide) groups is 1. The molecule has 0 atom stereocenters. The first kappa shape index (κ1) is 17.5. The Hall–Kier alpha value is -1.86. The Labute approximate surface area is 144 Å². The van der Waals surface area contributed by atoms with Crippen molar-refractivity contribution in [1.29, 1.82) is 0 Å². The summed E-state index contributed by atoms with van der Waals surface area (Å²) >= 11 is 6.55. The topological polar surface area (TPSA) is 55.8 Å². The van der Waals surface area contributed by atoms with Gasteiger partial charge < -0.3 is 9.47 Å². The first-order valence-electron chi connectivity index (χ1n) is 7.10. The second kappa shape index (κ2) is 8.12. The molecule has 2 rings (SSSR count). The van der Waals surface area contributed by atoms with Crippen molar-refractivity contribution in [2.24, 2.45) is 0 Å². The van der Waals surface area contributed by atoms with Crippen LogP contribution in [-0.4, -0.2) is 41.4 Å². The summed E-state index contributed by atoms with van der Waals surface area (Å²) in [7, 11) is 1.31. The van der Waals surface area contributed by atoms with Gasteiger partial charge in [-0.1, -0.05) is 43.0 Å². The predicted octanol–water partition coefficient (Wildman–Crippen LogP) is 2.85. The first-order chi connectivity index (χ1) is 11.0. The second-order valence-electron chi connectivity index (χ2n) is 4.77. The summed E-state index contributed by atoms with van der Waals surface area (Å²) in [4.78, 5) is 25.5. The van der Waals surface area contributed by atoms with E-state index >= 15 is 0 Å². The molecule has 1 amide bonds. The Bertz CT molecular complexity index is 640. The van der Waals surface area contributed by atoms with Crippen molar-refractivity contribution in [2.45, 2.75) is 13.3 Å². The quantitative estimate of drug-likeness (QED) is 0.446. The van der Waals surface area contributed by atoms with Crippen LogP contribution in [0.15, 0.2) is 29.2 Å². The van der Waals surface area contributed by atoms with Crippen molar-refractivity contribution in [2.75, 3.05) is 20.3 Å². The van der Waals surface area contributed by atoms with E-state index in [9.17, 15) is 9.59 Å². The number of hydrogen-bond donors (Lipinski definition) is 0. The molecule has 1 aliphatic heterocycles. The minimum absolute atomic E-state index is 0.0483. The van der Waals surface area contributed by atoms with E-state index in [0.717, 1.165) is 12.0 Å². The molecule has 122 valence electrons. The van der Waals surface area contributed by atoms with Crippen LogP contribution in [0.3, 0.4) is 0 Å². The van der Waals surface area contributed by atoms with Gasteiger partial charge in [0, 0.05) is 6.54 Å². The summed E-state index contributed by atoms with van der Waals surface area (Å²) in [5.41, 5.74) is 0.868. The van der Waals surface area contributed by atoms with Gasteiger partial charge in [-0.3, -0.25) is 9.69 Å². The number of thiocarbonyl (C=S) groups is 1. The Morgan fingerprint density at radius 1 is 1.35 bits per heavy atom. The van der Waals surface area contributed by atoms with Gasteiger partial charge in [-0.2, -0.15) is 0 Å². The summed E-state index contributed by atoms with van der Waals surface area (Å²) in [5, 5.41) is 0. The fourth-order valence-electron chi connectivity index (χ4n) is 1.93. The largest absolute Gasteiger partial charge is 0.482 e. The molecular formula is C16H17NO4S2.